The number of aromatic nitrogens is 3. The van der Waals surface area contributed by atoms with E-state index in [2.05, 4.69) is 60.2 Å². The lowest BCUT2D eigenvalue weighted by Crippen LogP contribution is -2.25. The molecule has 0 atom stereocenters. The van der Waals surface area contributed by atoms with Crippen LogP contribution in [-0.4, -0.2) is 20.4 Å². The maximum atomic E-state index is 13.6. The molecule has 0 bridgehead atoms. The average molecular weight is 475 g/mol. The molecule has 0 amide bonds. The zero-order valence-electron chi connectivity index (χ0n) is 20.6. The highest BCUT2D eigenvalue weighted by Crippen LogP contribution is 2.32. The summed E-state index contributed by atoms with van der Waals surface area (Å²) in [7, 11) is 0. The molecule has 1 aliphatic rings. The minimum Gasteiger partial charge on any atom is -0.342 e. The Bertz CT molecular complexity index is 1620. The molecule has 1 fully saturated rings. The summed E-state index contributed by atoms with van der Waals surface area (Å²) < 4.78 is 3.81. The van der Waals surface area contributed by atoms with E-state index in [4.69, 9.17) is 10.1 Å². The van der Waals surface area contributed by atoms with Crippen LogP contribution in [0.4, 0.5) is 0 Å². The Kier molecular flexibility index (Phi) is 5.98. The molecule has 1 saturated carbocycles. The quantitative estimate of drug-likeness (QED) is 0.268. The fraction of sp³-hybridized carbons (Fsp3) is 0.258. The van der Waals surface area contributed by atoms with Crippen molar-refractivity contribution in [2.75, 3.05) is 0 Å². The second-order valence-corrected chi connectivity index (χ2v) is 9.90. The second-order valence-electron chi connectivity index (χ2n) is 9.90. The van der Waals surface area contributed by atoms with Gasteiger partial charge in [0.25, 0.3) is 5.56 Å². The van der Waals surface area contributed by atoms with E-state index in [1.165, 1.54) is 30.4 Å². The maximum absolute atomic E-state index is 13.6. The normalized spacial score (nSPS) is 14.8. The van der Waals surface area contributed by atoms with Crippen molar-refractivity contribution in [3.8, 4) is 0 Å². The van der Waals surface area contributed by atoms with Crippen LogP contribution < -0.4 is 5.56 Å². The molecule has 3 aromatic carbocycles. The number of para-hydroxylation sites is 2. The summed E-state index contributed by atoms with van der Waals surface area (Å²) in [5.41, 5.74) is 5.31. The van der Waals surface area contributed by atoms with E-state index in [1.807, 2.05) is 36.5 Å². The summed E-state index contributed by atoms with van der Waals surface area (Å²) in [5.74, 6) is 1.05. The van der Waals surface area contributed by atoms with E-state index in [-0.39, 0.29) is 11.5 Å². The topological polar surface area (TPSA) is 52.2 Å². The number of aryl methyl sites for hydroxylation is 1. The van der Waals surface area contributed by atoms with E-state index >= 15 is 0 Å². The average Bonchev–Trinajstić information content (AvgIpc) is 3.27. The van der Waals surface area contributed by atoms with Crippen LogP contribution in [-0.2, 0) is 6.54 Å². The largest absolute Gasteiger partial charge is 0.342 e. The van der Waals surface area contributed by atoms with Crippen LogP contribution >= 0.6 is 0 Å². The lowest BCUT2D eigenvalue weighted by atomic mass is 9.88. The number of hydrogen-bond acceptors (Lipinski definition) is 3. The van der Waals surface area contributed by atoms with Gasteiger partial charge in [-0.2, -0.15) is 9.78 Å². The summed E-state index contributed by atoms with van der Waals surface area (Å²) in [4.78, 5) is 18.5. The van der Waals surface area contributed by atoms with Crippen molar-refractivity contribution < 1.29 is 0 Å². The van der Waals surface area contributed by atoms with Gasteiger partial charge in [0.05, 0.1) is 17.1 Å². The lowest BCUT2D eigenvalue weighted by Gasteiger charge is -2.22. The fourth-order valence-corrected chi connectivity index (χ4v) is 5.40. The maximum Gasteiger partial charge on any atom is 0.282 e. The molecule has 5 heteroatoms. The first-order chi connectivity index (χ1) is 17.7. The zero-order valence-corrected chi connectivity index (χ0v) is 20.6. The van der Waals surface area contributed by atoms with Gasteiger partial charge in [-0.25, -0.2) is 4.98 Å². The molecule has 0 spiro atoms. The van der Waals surface area contributed by atoms with Gasteiger partial charge in [-0.05, 0) is 43.5 Å². The molecular weight excluding hydrogens is 444 g/mol. The number of fused-ring (bicyclic) bond motifs is 2. The van der Waals surface area contributed by atoms with E-state index in [1.54, 1.807) is 4.68 Å². The summed E-state index contributed by atoms with van der Waals surface area (Å²) in [5, 5.41) is 6.51. The molecule has 180 valence electrons. The molecule has 0 unspecified atom stereocenters. The Morgan fingerprint density at radius 2 is 1.64 bits per heavy atom. The highest BCUT2D eigenvalue weighted by molar-refractivity contribution is 5.99. The summed E-state index contributed by atoms with van der Waals surface area (Å²) >= 11 is 0. The lowest BCUT2D eigenvalue weighted by molar-refractivity contribution is 0.416. The van der Waals surface area contributed by atoms with Crippen LogP contribution in [0.2, 0.25) is 0 Å². The molecule has 0 saturated heterocycles. The van der Waals surface area contributed by atoms with Crippen LogP contribution in [0.1, 0.15) is 60.5 Å². The monoisotopic (exact) mass is 474 g/mol. The third kappa shape index (κ3) is 4.26. The Labute approximate surface area is 210 Å². The molecule has 1 aliphatic carbocycles. The van der Waals surface area contributed by atoms with Gasteiger partial charge in [-0.3, -0.25) is 4.79 Å². The number of benzene rings is 3. The molecule has 2 aromatic heterocycles. The first-order valence-electron chi connectivity index (χ1n) is 12.9. The fourth-order valence-electron chi connectivity index (χ4n) is 5.40. The van der Waals surface area contributed by atoms with E-state index < -0.39 is 0 Å². The number of hydrogen-bond donors (Lipinski definition) is 0. The van der Waals surface area contributed by atoms with Crippen molar-refractivity contribution in [2.45, 2.75) is 51.5 Å². The summed E-state index contributed by atoms with van der Waals surface area (Å²) in [6.07, 6.45) is 9.66. The predicted octanol–water partition coefficient (Wildman–Crippen LogP) is 6.64. The second kappa shape index (κ2) is 9.57. The molecule has 2 heterocycles. The third-order valence-electron chi connectivity index (χ3n) is 7.35. The molecular formula is C31H30N4O. The minimum atomic E-state index is -0.0965. The summed E-state index contributed by atoms with van der Waals surface area (Å²) in [6.45, 7) is 2.88. The van der Waals surface area contributed by atoms with Gasteiger partial charge >= 0.3 is 0 Å². The van der Waals surface area contributed by atoms with Crippen molar-refractivity contribution in [1.29, 1.82) is 0 Å². The Morgan fingerprint density at radius 1 is 0.917 bits per heavy atom. The highest BCUT2D eigenvalue weighted by Gasteiger charge is 2.22. The molecule has 6 rings (SSSR count). The van der Waals surface area contributed by atoms with E-state index in [9.17, 15) is 4.79 Å². The zero-order chi connectivity index (χ0) is 24.5. The highest BCUT2D eigenvalue weighted by atomic mass is 16.1. The first kappa shape index (κ1) is 22.5. The van der Waals surface area contributed by atoms with E-state index in [0.717, 1.165) is 47.2 Å². The van der Waals surface area contributed by atoms with Gasteiger partial charge in [0.1, 0.15) is 5.82 Å². The molecule has 5 nitrogen and oxygen atoms in total. The molecule has 5 aromatic rings. The van der Waals surface area contributed by atoms with Crippen LogP contribution in [0.5, 0.6) is 0 Å². The van der Waals surface area contributed by atoms with Gasteiger partial charge in [0.15, 0.2) is 0 Å². The molecule has 0 N–H and O–H groups in total. The predicted molar refractivity (Wildman–Crippen MR) is 147 cm³/mol. The van der Waals surface area contributed by atoms with Crippen LogP contribution in [0.25, 0.3) is 21.8 Å². The van der Waals surface area contributed by atoms with Crippen molar-refractivity contribution in [3.05, 3.63) is 112 Å². The SMILES string of the molecule is Cc1ccc(Cn2cc(C=Nn3c(C4CCCCC4)nc4ccccc4c3=O)c3ccccc32)cc1. The third-order valence-corrected chi connectivity index (χ3v) is 7.35. The van der Waals surface area contributed by atoms with Gasteiger partial charge in [-0.15, -0.1) is 0 Å². The standard InChI is InChI=1S/C31H30N4O/c1-22-15-17-23(18-16-22)20-34-21-25(26-11-6-8-14-29(26)34)19-32-35-30(24-9-3-2-4-10-24)33-28-13-7-5-12-27(28)31(35)36/h5-8,11-19,21,24H,2-4,9-10,20H2,1H3. The van der Waals surface area contributed by atoms with Crippen molar-refractivity contribution in [1.82, 2.24) is 14.2 Å². The molecule has 0 aliphatic heterocycles. The van der Waals surface area contributed by atoms with Gasteiger partial charge in [0, 0.05) is 35.1 Å². The Morgan fingerprint density at radius 3 is 2.44 bits per heavy atom. The Hall–Kier alpha value is -3.99. The number of rotatable bonds is 5. The van der Waals surface area contributed by atoms with Crippen molar-refractivity contribution in [2.24, 2.45) is 5.10 Å². The Balaban J connectivity index is 1.44. The molecule has 36 heavy (non-hydrogen) atoms. The van der Waals surface area contributed by atoms with Gasteiger partial charge in [0.2, 0.25) is 0 Å². The summed E-state index contributed by atoms with van der Waals surface area (Å²) in [6, 6.07) is 24.6. The van der Waals surface area contributed by atoms with Gasteiger partial charge < -0.3 is 4.57 Å². The van der Waals surface area contributed by atoms with Gasteiger partial charge in [-0.1, -0.05) is 79.4 Å². The van der Waals surface area contributed by atoms with Crippen LogP contribution in [0.15, 0.2) is 88.9 Å². The van der Waals surface area contributed by atoms with Crippen molar-refractivity contribution in [3.63, 3.8) is 0 Å². The smallest absolute Gasteiger partial charge is 0.282 e. The number of nitrogens with zero attached hydrogens (tertiary/aromatic N) is 4. The van der Waals surface area contributed by atoms with Crippen LogP contribution in [0, 0.1) is 6.92 Å². The minimum absolute atomic E-state index is 0.0965. The van der Waals surface area contributed by atoms with E-state index in [0.29, 0.717) is 5.39 Å². The first-order valence-corrected chi connectivity index (χ1v) is 12.9. The van der Waals surface area contributed by atoms with Crippen LogP contribution in [0.3, 0.4) is 0 Å². The van der Waals surface area contributed by atoms with Crippen molar-refractivity contribution >= 4 is 28.0 Å². The molecule has 0 radical (unpaired) electrons.